The SMILES string of the molecule is CCc1n[nH]c(=S)n1C1CCC(C)CC1C. The predicted molar refractivity (Wildman–Crippen MR) is 68.0 cm³/mol. The van der Waals surface area contributed by atoms with Crippen LogP contribution in [0.1, 0.15) is 51.9 Å². The quantitative estimate of drug-likeness (QED) is 0.801. The Kier molecular flexibility index (Phi) is 3.47. The second-order valence-corrected chi connectivity index (χ2v) is 5.52. The number of nitrogens with zero attached hydrogens (tertiary/aromatic N) is 2. The van der Waals surface area contributed by atoms with Crippen LogP contribution in [0.5, 0.6) is 0 Å². The topological polar surface area (TPSA) is 33.6 Å². The Morgan fingerprint density at radius 1 is 1.44 bits per heavy atom. The molecule has 0 bridgehead atoms. The molecule has 0 saturated heterocycles. The number of aromatic nitrogens is 3. The number of aryl methyl sites for hydroxylation is 1. The zero-order valence-electron chi connectivity index (χ0n) is 10.4. The molecule has 1 saturated carbocycles. The van der Waals surface area contributed by atoms with Crippen molar-refractivity contribution < 1.29 is 0 Å². The second kappa shape index (κ2) is 4.70. The monoisotopic (exact) mass is 239 g/mol. The number of rotatable bonds is 2. The van der Waals surface area contributed by atoms with E-state index in [0.29, 0.717) is 12.0 Å². The minimum absolute atomic E-state index is 0.553. The molecule has 1 heterocycles. The highest BCUT2D eigenvalue weighted by Gasteiger charge is 2.28. The molecular weight excluding hydrogens is 218 g/mol. The van der Waals surface area contributed by atoms with E-state index in [2.05, 4.69) is 35.5 Å². The summed E-state index contributed by atoms with van der Waals surface area (Å²) in [5.74, 6) is 2.67. The van der Waals surface area contributed by atoms with Crippen molar-refractivity contribution in [3.8, 4) is 0 Å². The number of nitrogens with one attached hydrogen (secondary N) is 1. The van der Waals surface area contributed by atoms with Crippen LogP contribution in [-0.2, 0) is 6.42 Å². The van der Waals surface area contributed by atoms with Crippen LogP contribution in [0.4, 0.5) is 0 Å². The molecule has 16 heavy (non-hydrogen) atoms. The minimum atomic E-state index is 0.553. The van der Waals surface area contributed by atoms with Crippen molar-refractivity contribution in [1.29, 1.82) is 0 Å². The molecule has 3 unspecified atom stereocenters. The van der Waals surface area contributed by atoms with E-state index in [0.717, 1.165) is 22.9 Å². The molecule has 1 aliphatic carbocycles. The van der Waals surface area contributed by atoms with Crippen LogP contribution in [-0.4, -0.2) is 14.8 Å². The molecule has 90 valence electrons. The van der Waals surface area contributed by atoms with Gasteiger partial charge in [-0.05, 0) is 43.3 Å². The summed E-state index contributed by atoms with van der Waals surface area (Å²) in [7, 11) is 0. The van der Waals surface area contributed by atoms with Crippen LogP contribution < -0.4 is 0 Å². The first kappa shape index (κ1) is 11.8. The summed E-state index contributed by atoms with van der Waals surface area (Å²) < 4.78 is 3.05. The summed E-state index contributed by atoms with van der Waals surface area (Å²) >= 11 is 5.35. The van der Waals surface area contributed by atoms with Crippen LogP contribution in [0.25, 0.3) is 0 Å². The number of H-pyrrole nitrogens is 1. The van der Waals surface area contributed by atoms with Crippen molar-refractivity contribution in [2.24, 2.45) is 11.8 Å². The highest BCUT2D eigenvalue weighted by Crippen LogP contribution is 2.37. The van der Waals surface area contributed by atoms with Gasteiger partial charge in [-0.3, -0.25) is 5.10 Å². The Morgan fingerprint density at radius 3 is 2.81 bits per heavy atom. The van der Waals surface area contributed by atoms with E-state index in [-0.39, 0.29) is 0 Å². The van der Waals surface area contributed by atoms with Crippen LogP contribution in [0.15, 0.2) is 0 Å². The van der Waals surface area contributed by atoms with Gasteiger partial charge in [-0.2, -0.15) is 5.10 Å². The molecule has 1 fully saturated rings. The van der Waals surface area contributed by atoms with Gasteiger partial charge in [0.05, 0.1) is 0 Å². The Morgan fingerprint density at radius 2 is 2.19 bits per heavy atom. The van der Waals surface area contributed by atoms with E-state index in [1.165, 1.54) is 19.3 Å². The summed E-state index contributed by atoms with van der Waals surface area (Å²) in [6, 6.07) is 0.553. The summed E-state index contributed by atoms with van der Waals surface area (Å²) in [4.78, 5) is 0. The highest BCUT2D eigenvalue weighted by atomic mass is 32.1. The average molecular weight is 239 g/mol. The minimum Gasteiger partial charge on any atom is -0.301 e. The molecule has 1 N–H and O–H groups in total. The zero-order valence-corrected chi connectivity index (χ0v) is 11.2. The molecule has 2 rings (SSSR count). The summed E-state index contributed by atoms with van der Waals surface area (Å²) in [6.07, 6.45) is 4.81. The van der Waals surface area contributed by atoms with Crippen molar-refractivity contribution in [3.05, 3.63) is 10.6 Å². The average Bonchev–Trinajstić information content (AvgIpc) is 2.60. The zero-order chi connectivity index (χ0) is 11.7. The van der Waals surface area contributed by atoms with E-state index >= 15 is 0 Å². The molecule has 1 aromatic heterocycles. The lowest BCUT2D eigenvalue weighted by molar-refractivity contribution is 0.203. The fraction of sp³-hybridized carbons (Fsp3) is 0.833. The Bertz CT molecular complexity index is 407. The maximum absolute atomic E-state index is 5.35. The highest BCUT2D eigenvalue weighted by molar-refractivity contribution is 7.71. The third-order valence-electron chi connectivity index (χ3n) is 3.81. The standard InChI is InChI=1S/C12H21N3S/c1-4-11-13-14-12(16)15(11)10-6-5-8(2)7-9(10)3/h8-10H,4-7H2,1-3H3,(H,14,16). The molecule has 4 heteroatoms. The summed E-state index contributed by atoms with van der Waals surface area (Å²) in [5, 5.41) is 7.24. The van der Waals surface area contributed by atoms with Gasteiger partial charge in [0.15, 0.2) is 4.77 Å². The van der Waals surface area contributed by atoms with Crippen molar-refractivity contribution in [2.75, 3.05) is 0 Å². The first-order valence-corrected chi connectivity index (χ1v) is 6.70. The van der Waals surface area contributed by atoms with E-state index in [4.69, 9.17) is 12.2 Å². The molecule has 0 aromatic carbocycles. The molecule has 3 atom stereocenters. The number of hydrogen-bond donors (Lipinski definition) is 1. The fourth-order valence-electron chi connectivity index (χ4n) is 2.96. The third kappa shape index (κ3) is 2.08. The van der Waals surface area contributed by atoms with Crippen LogP contribution in [0, 0.1) is 16.6 Å². The van der Waals surface area contributed by atoms with Gasteiger partial charge in [-0.1, -0.05) is 20.8 Å². The second-order valence-electron chi connectivity index (χ2n) is 5.13. The van der Waals surface area contributed by atoms with E-state index in [9.17, 15) is 0 Å². The van der Waals surface area contributed by atoms with Gasteiger partial charge < -0.3 is 4.57 Å². The molecule has 0 amide bonds. The van der Waals surface area contributed by atoms with E-state index in [1.54, 1.807) is 0 Å². The fourth-order valence-corrected chi connectivity index (χ4v) is 3.25. The summed E-state index contributed by atoms with van der Waals surface area (Å²) in [5.41, 5.74) is 0. The van der Waals surface area contributed by atoms with E-state index < -0.39 is 0 Å². The smallest absolute Gasteiger partial charge is 0.195 e. The first-order valence-electron chi connectivity index (χ1n) is 6.29. The van der Waals surface area contributed by atoms with Crippen LogP contribution in [0.3, 0.4) is 0 Å². The van der Waals surface area contributed by atoms with Crippen molar-refractivity contribution in [3.63, 3.8) is 0 Å². The van der Waals surface area contributed by atoms with Gasteiger partial charge in [-0.25, -0.2) is 0 Å². The Hall–Kier alpha value is -0.640. The van der Waals surface area contributed by atoms with Crippen molar-refractivity contribution >= 4 is 12.2 Å². The molecular formula is C12H21N3S. The lowest BCUT2D eigenvalue weighted by atomic mass is 9.79. The molecule has 1 aliphatic rings. The van der Waals surface area contributed by atoms with Crippen molar-refractivity contribution in [2.45, 2.75) is 52.5 Å². The third-order valence-corrected chi connectivity index (χ3v) is 4.10. The molecule has 3 nitrogen and oxygen atoms in total. The Labute approximate surface area is 102 Å². The first-order chi connectivity index (χ1) is 7.63. The lowest BCUT2D eigenvalue weighted by Gasteiger charge is -2.33. The van der Waals surface area contributed by atoms with E-state index in [1.807, 2.05) is 0 Å². The van der Waals surface area contributed by atoms with Gasteiger partial charge in [0.2, 0.25) is 0 Å². The molecule has 1 aromatic rings. The largest absolute Gasteiger partial charge is 0.301 e. The molecule has 0 aliphatic heterocycles. The normalized spacial score (nSPS) is 30.6. The predicted octanol–water partition coefficient (Wildman–Crippen LogP) is 3.50. The van der Waals surface area contributed by atoms with Gasteiger partial charge in [0.25, 0.3) is 0 Å². The maximum atomic E-state index is 5.35. The lowest BCUT2D eigenvalue weighted by Crippen LogP contribution is -2.26. The maximum Gasteiger partial charge on any atom is 0.195 e. The van der Waals surface area contributed by atoms with Gasteiger partial charge >= 0.3 is 0 Å². The van der Waals surface area contributed by atoms with Crippen molar-refractivity contribution in [1.82, 2.24) is 14.8 Å². The number of aromatic amines is 1. The van der Waals surface area contributed by atoms with Gasteiger partial charge in [-0.15, -0.1) is 0 Å². The summed E-state index contributed by atoms with van der Waals surface area (Å²) in [6.45, 7) is 6.83. The van der Waals surface area contributed by atoms with Gasteiger partial charge in [0, 0.05) is 12.5 Å². The van der Waals surface area contributed by atoms with Gasteiger partial charge in [0.1, 0.15) is 5.82 Å². The van der Waals surface area contributed by atoms with Crippen LogP contribution in [0.2, 0.25) is 0 Å². The molecule has 0 radical (unpaired) electrons. The van der Waals surface area contributed by atoms with Crippen LogP contribution >= 0.6 is 12.2 Å². The Balaban J connectivity index is 2.29. The number of hydrogen-bond acceptors (Lipinski definition) is 2. The molecule has 0 spiro atoms.